The topological polar surface area (TPSA) is 45.2 Å². The molecule has 0 radical (unpaired) electrons. The van der Waals surface area contributed by atoms with Crippen molar-refractivity contribution in [1.82, 2.24) is 10.3 Å². The lowest BCUT2D eigenvalue weighted by Gasteiger charge is -2.12. The number of aryl methyl sites for hydroxylation is 1. The summed E-state index contributed by atoms with van der Waals surface area (Å²) in [5.41, 5.74) is 0.769. The molecule has 0 amide bonds. The highest BCUT2D eigenvalue weighted by molar-refractivity contribution is 7.09. The van der Waals surface area contributed by atoms with Crippen molar-refractivity contribution in [3.05, 3.63) is 16.1 Å². The van der Waals surface area contributed by atoms with Crippen LogP contribution in [-0.4, -0.2) is 29.2 Å². The van der Waals surface area contributed by atoms with Crippen LogP contribution in [0.1, 0.15) is 17.6 Å². The molecule has 0 spiro atoms. The molecule has 1 heterocycles. The van der Waals surface area contributed by atoms with Gasteiger partial charge < -0.3 is 10.4 Å². The molecule has 1 rings (SSSR count). The fourth-order valence-electron chi connectivity index (χ4n) is 1.02. The molecule has 2 N–H and O–H groups in total. The summed E-state index contributed by atoms with van der Waals surface area (Å²) in [5, 5.41) is 13.7. The number of halogens is 2. The fourth-order valence-corrected chi connectivity index (χ4v) is 1.77. The first-order chi connectivity index (χ1) is 7.07. The van der Waals surface area contributed by atoms with Crippen LogP contribution in [0.5, 0.6) is 0 Å². The van der Waals surface area contributed by atoms with Crippen molar-refractivity contribution >= 4 is 11.3 Å². The Morgan fingerprint density at radius 3 is 2.87 bits per heavy atom. The third kappa shape index (κ3) is 4.19. The van der Waals surface area contributed by atoms with E-state index in [4.69, 9.17) is 5.11 Å². The maximum absolute atomic E-state index is 12.6. The highest BCUT2D eigenvalue weighted by Gasteiger charge is 2.26. The number of hydrogen-bond donors (Lipinski definition) is 2. The Labute approximate surface area is 91.2 Å². The molecule has 0 aliphatic rings. The van der Waals surface area contributed by atoms with Crippen LogP contribution in [0.25, 0.3) is 0 Å². The molecule has 0 fully saturated rings. The number of aromatic nitrogens is 1. The predicted molar refractivity (Wildman–Crippen MR) is 55.2 cm³/mol. The normalized spacial score (nSPS) is 12.0. The minimum atomic E-state index is -3.05. The van der Waals surface area contributed by atoms with Crippen molar-refractivity contribution in [1.29, 1.82) is 0 Å². The highest BCUT2D eigenvalue weighted by atomic mass is 32.1. The standard InChI is InChI=1S/C9H14F2N2OS/c1-2-8-13-7(4-15-8)3-12-5-9(10,11)6-14/h4,12,14H,2-3,5-6H2,1H3. The van der Waals surface area contributed by atoms with Crippen molar-refractivity contribution in [3.8, 4) is 0 Å². The average molecular weight is 236 g/mol. The summed E-state index contributed by atoms with van der Waals surface area (Å²) in [6.07, 6.45) is 0.859. The van der Waals surface area contributed by atoms with Gasteiger partial charge in [-0.1, -0.05) is 6.92 Å². The second-order valence-electron chi connectivity index (χ2n) is 3.20. The second kappa shape index (κ2) is 5.48. The molecule has 1 aromatic rings. The SMILES string of the molecule is CCc1nc(CNCC(F)(F)CO)cs1. The molecule has 6 heteroatoms. The smallest absolute Gasteiger partial charge is 0.282 e. The first kappa shape index (κ1) is 12.5. The fraction of sp³-hybridized carbons (Fsp3) is 0.667. The number of alkyl halides is 2. The summed E-state index contributed by atoms with van der Waals surface area (Å²) >= 11 is 1.53. The van der Waals surface area contributed by atoms with E-state index in [1.807, 2.05) is 12.3 Å². The summed E-state index contributed by atoms with van der Waals surface area (Å²) in [5.74, 6) is -3.05. The van der Waals surface area contributed by atoms with Gasteiger partial charge in [0.2, 0.25) is 0 Å². The van der Waals surface area contributed by atoms with Gasteiger partial charge in [0.05, 0.1) is 17.2 Å². The number of nitrogens with one attached hydrogen (secondary N) is 1. The van der Waals surface area contributed by atoms with Crippen LogP contribution in [0.15, 0.2) is 5.38 Å². The minimum absolute atomic E-state index is 0.312. The number of hydrogen-bond acceptors (Lipinski definition) is 4. The Hall–Kier alpha value is -0.590. The van der Waals surface area contributed by atoms with Crippen LogP contribution >= 0.6 is 11.3 Å². The number of aliphatic hydroxyl groups is 1. The van der Waals surface area contributed by atoms with E-state index in [1.54, 1.807) is 0 Å². The van der Waals surface area contributed by atoms with Gasteiger partial charge in [0.1, 0.15) is 6.61 Å². The van der Waals surface area contributed by atoms with E-state index in [1.165, 1.54) is 11.3 Å². The number of aliphatic hydroxyl groups excluding tert-OH is 1. The van der Waals surface area contributed by atoms with Crippen LogP contribution in [0, 0.1) is 0 Å². The van der Waals surface area contributed by atoms with Crippen LogP contribution in [0.4, 0.5) is 8.78 Å². The molecule has 86 valence electrons. The summed E-state index contributed by atoms with van der Waals surface area (Å²) in [4.78, 5) is 4.22. The molecule has 1 aromatic heterocycles. The first-order valence-corrected chi connectivity index (χ1v) is 5.58. The number of thiazole rings is 1. The molecular weight excluding hydrogens is 222 g/mol. The molecule has 0 aliphatic heterocycles. The van der Waals surface area contributed by atoms with Crippen molar-refractivity contribution in [2.45, 2.75) is 25.8 Å². The quantitative estimate of drug-likeness (QED) is 0.785. The molecule has 0 aliphatic carbocycles. The van der Waals surface area contributed by atoms with Crippen molar-refractivity contribution in [3.63, 3.8) is 0 Å². The minimum Gasteiger partial charge on any atom is -0.390 e. The molecular formula is C9H14F2N2OS. The second-order valence-corrected chi connectivity index (χ2v) is 4.15. The maximum atomic E-state index is 12.6. The molecule has 0 unspecified atom stereocenters. The van der Waals surface area contributed by atoms with Gasteiger partial charge in [-0.3, -0.25) is 0 Å². The third-order valence-corrected chi connectivity index (χ3v) is 2.86. The van der Waals surface area contributed by atoms with Crippen LogP contribution < -0.4 is 5.32 Å². The number of rotatable bonds is 6. The zero-order chi connectivity index (χ0) is 11.3. The lowest BCUT2D eigenvalue weighted by molar-refractivity contribution is -0.0478. The van der Waals surface area contributed by atoms with E-state index in [0.29, 0.717) is 6.54 Å². The summed E-state index contributed by atoms with van der Waals surface area (Å²) in [6, 6.07) is 0. The van der Waals surface area contributed by atoms with Crippen LogP contribution in [-0.2, 0) is 13.0 Å². The van der Waals surface area contributed by atoms with Crippen LogP contribution in [0.2, 0.25) is 0 Å². The maximum Gasteiger partial charge on any atom is 0.282 e. The first-order valence-electron chi connectivity index (χ1n) is 4.70. The van der Waals surface area contributed by atoms with E-state index in [-0.39, 0.29) is 0 Å². The largest absolute Gasteiger partial charge is 0.390 e. The molecule has 0 saturated heterocycles. The van der Waals surface area contributed by atoms with Gasteiger partial charge in [0.15, 0.2) is 0 Å². The lowest BCUT2D eigenvalue weighted by Crippen LogP contribution is -2.35. The van der Waals surface area contributed by atoms with Gasteiger partial charge in [0, 0.05) is 11.9 Å². The van der Waals surface area contributed by atoms with Crippen molar-refractivity contribution in [2.75, 3.05) is 13.2 Å². The van der Waals surface area contributed by atoms with Crippen LogP contribution in [0.3, 0.4) is 0 Å². The Bertz CT molecular complexity index is 304. The van der Waals surface area contributed by atoms with Gasteiger partial charge in [-0.15, -0.1) is 11.3 Å². The zero-order valence-corrected chi connectivity index (χ0v) is 9.28. The van der Waals surface area contributed by atoms with Gasteiger partial charge in [-0.05, 0) is 6.42 Å². The van der Waals surface area contributed by atoms with Gasteiger partial charge >= 0.3 is 0 Å². The van der Waals surface area contributed by atoms with E-state index >= 15 is 0 Å². The summed E-state index contributed by atoms with van der Waals surface area (Å²) in [6.45, 7) is 0.655. The average Bonchev–Trinajstić information content (AvgIpc) is 2.66. The van der Waals surface area contributed by atoms with E-state index in [0.717, 1.165) is 17.1 Å². The van der Waals surface area contributed by atoms with Gasteiger partial charge in [-0.25, -0.2) is 13.8 Å². The summed E-state index contributed by atoms with van der Waals surface area (Å²) in [7, 11) is 0. The summed E-state index contributed by atoms with van der Waals surface area (Å²) < 4.78 is 25.2. The van der Waals surface area contributed by atoms with Crippen molar-refractivity contribution in [2.24, 2.45) is 0 Å². The molecule has 3 nitrogen and oxygen atoms in total. The van der Waals surface area contributed by atoms with E-state index < -0.39 is 19.1 Å². The lowest BCUT2D eigenvalue weighted by atomic mass is 10.3. The third-order valence-electron chi connectivity index (χ3n) is 1.82. The highest BCUT2D eigenvalue weighted by Crippen LogP contribution is 2.12. The van der Waals surface area contributed by atoms with Gasteiger partial charge in [-0.2, -0.15) is 0 Å². The Kier molecular flexibility index (Phi) is 4.56. The van der Waals surface area contributed by atoms with Crippen molar-refractivity contribution < 1.29 is 13.9 Å². The molecule has 0 atom stereocenters. The number of nitrogens with zero attached hydrogens (tertiary/aromatic N) is 1. The molecule has 0 aromatic carbocycles. The molecule has 15 heavy (non-hydrogen) atoms. The Balaban J connectivity index is 2.31. The molecule has 0 bridgehead atoms. The van der Waals surface area contributed by atoms with Gasteiger partial charge in [0.25, 0.3) is 5.92 Å². The molecule has 0 saturated carbocycles. The Morgan fingerprint density at radius 1 is 1.60 bits per heavy atom. The van der Waals surface area contributed by atoms with E-state index in [2.05, 4.69) is 10.3 Å². The predicted octanol–water partition coefficient (Wildman–Crippen LogP) is 1.42. The zero-order valence-electron chi connectivity index (χ0n) is 8.46. The Morgan fingerprint density at radius 2 is 2.33 bits per heavy atom. The van der Waals surface area contributed by atoms with E-state index in [9.17, 15) is 8.78 Å². The monoisotopic (exact) mass is 236 g/mol.